The Hall–Kier alpha value is -1.54. The molecule has 2 rings (SSSR count). The van der Waals surface area contributed by atoms with E-state index >= 15 is 0 Å². The topological polar surface area (TPSA) is 22.1 Å². The van der Waals surface area contributed by atoms with E-state index in [1.54, 1.807) is 12.1 Å². The predicted molar refractivity (Wildman–Crippen MR) is 74.5 cm³/mol. The lowest BCUT2D eigenvalue weighted by Gasteiger charge is -2.10. The smallest absolute Gasteiger partial charge is 0.220 e. The van der Waals surface area contributed by atoms with Crippen molar-refractivity contribution in [3.63, 3.8) is 0 Å². The van der Waals surface area contributed by atoms with Crippen molar-refractivity contribution in [2.45, 2.75) is 26.2 Å². The summed E-state index contributed by atoms with van der Waals surface area (Å²) in [6, 6.07) is 13.4. The minimum atomic E-state index is 0.434. The zero-order chi connectivity index (χ0) is 13.0. The van der Waals surface area contributed by atoms with Gasteiger partial charge in [0.1, 0.15) is 10.9 Å². The van der Waals surface area contributed by atoms with Crippen LogP contribution in [-0.4, -0.2) is 4.98 Å². The van der Waals surface area contributed by atoms with Gasteiger partial charge in [-0.3, -0.25) is 0 Å². The average molecular weight is 262 g/mol. The Labute approximate surface area is 113 Å². The first-order valence-electron chi connectivity index (χ1n) is 6.09. The first kappa shape index (κ1) is 12.9. The van der Waals surface area contributed by atoms with Crippen molar-refractivity contribution in [1.29, 1.82) is 0 Å². The van der Waals surface area contributed by atoms with Crippen molar-refractivity contribution in [3.8, 4) is 11.6 Å². The monoisotopic (exact) mass is 261 g/mol. The predicted octanol–water partition coefficient (Wildman–Crippen LogP) is 5.04. The Morgan fingerprint density at radius 3 is 2.50 bits per heavy atom. The molecule has 0 spiro atoms. The second-order valence-electron chi connectivity index (χ2n) is 4.28. The number of aromatic nitrogens is 1. The van der Waals surface area contributed by atoms with Gasteiger partial charge in [-0.1, -0.05) is 43.6 Å². The van der Waals surface area contributed by atoms with Crippen LogP contribution in [0.4, 0.5) is 0 Å². The number of ether oxygens (including phenoxy) is 1. The molecule has 0 N–H and O–H groups in total. The van der Waals surface area contributed by atoms with Crippen molar-refractivity contribution in [3.05, 3.63) is 53.2 Å². The van der Waals surface area contributed by atoms with Gasteiger partial charge >= 0.3 is 0 Å². The quantitative estimate of drug-likeness (QED) is 0.719. The summed E-state index contributed by atoms with van der Waals surface area (Å²) in [7, 11) is 0. The molecular formula is C15H16ClNO. The second kappa shape index (κ2) is 5.87. The number of pyridine rings is 1. The third-order valence-corrected chi connectivity index (χ3v) is 3.18. The van der Waals surface area contributed by atoms with Gasteiger partial charge in [-0.2, -0.15) is 0 Å². The van der Waals surface area contributed by atoms with Gasteiger partial charge in [-0.25, -0.2) is 4.98 Å². The van der Waals surface area contributed by atoms with Crippen LogP contribution in [0.5, 0.6) is 11.6 Å². The van der Waals surface area contributed by atoms with Crippen molar-refractivity contribution in [1.82, 2.24) is 4.98 Å². The Balaban J connectivity index is 2.11. The highest BCUT2D eigenvalue weighted by Crippen LogP contribution is 2.24. The second-order valence-corrected chi connectivity index (χ2v) is 4.67. The Kier molecular flexibility index (Phi) is 4.21. The molecule has 1 unspecified atom stereocenters. The summed E-state index contributed by atoms with van der Waals surface area (Å²) in [5, 5.41) is 0.434. The standard InChI is InChI=1S/C15H16ClNO/c1-3-11(2)12-7-9-13(10-8-12)18-15-6-4-5-14(16)17-15/h4-11H,3H2,1-2H3. The third-order valence-electron chi connectivity index (χ3n) is 2.97. The van der Waals surface area contributed by atoms with Crippen LogP contribution in [0.1, 0.15) is 31.7 Å². The van der Waals surface area contributed by atoms with E-state index in [-0.39, 0.29) is 0 Å². The van der Waals surface area contributed by atoms with Gasteiger partial charge < -0.3 is 4.74 Å². The van der Waals surface area contributed by atoms with E-state index in [1.807, 2.05) is 18.2 Å². The molecule has 94 valence electrons. The van der Waals surface area contributed by atoms with E-state index < -0.39 is 0 Å². The molecule has 18 heavy (non-hydrogen) atoms. The maximum absolute atomic E-state index is 5.81. The molecule has 0 saturated carbocycles. The lowest BCUT2D eigenvalue weighted by Crippen LogP contribution is -1.92. The summed E-state index contributed by atoms with van der Waals surface area (Å²) in [5.74, 6) is 1.86. The fraction of sp³-hybridized carbons (Fsp3) is 0.267. The summed E-state index contributed by atoms with van der Waals surface area (Å²) in [6.07, 6.45) is 1.13. The molecule has 3 heteroatoms. The molecular weight excluding hydrogens is 246 g/mol. The number of nitrogens with zero attached hydrogens (tertiary/aromatic N) is 1. The van der Waals surface area contributed by atoms with Crippen molar-refractivity contribution in [2.24, 2.45) is 0 Å². The summed E-state index contributed by atoms with van der Waals surface area (Å²) < 4.78 is 5.63. The molecule has 1 aromatic heterocycles. The molecule has 2 nitrogen and oxygen atoms in total. The zero-order valence-electron chi connectivity index (χ0n) is 10.6. The summed E-state index contributed by atoms with van der Waals surface area (Å²) in [5.41, 5.74) is 1.32. The molecule has 1 aromatic carbocycles. The molecule has 1 heterocycles. The molecule has 1 atom stereocenters. The van der Waals surface area contributed by atoms with Crippen LogP contribution in [0.2, 0.25) is 5.15 Å². The minimum absolute atomic E-state index is 0.434. The maximum atomic E-state index is 5.81. The van der Waals surface area contributed by atoms with E-state index in [1.165, 1.54) is 5.56 Å². The average Bonchev–Trinajstić information content (AvgIpc) is 2.39. The van der Waals surface area contributed by atoms with Crippen LogP contribution < -0.4 is 4.74 Å². The van der Waals surface area contributed by atoms with E-state index in [0.717, 1.165) is 12.2 Å². The zero-order valence-corrected chi connectivity index (χ0v) is 11.3. The van der Waals surface area contributed by atoms with Crippen LogP contribution in [0.3, 0.4) is 0 Å². The van der Waals surface area contributed by atoms with E-state index in [4.69, 9.17) is 16.3 Å². The lowest BCUT2D eigenvalue weighted by molar-refractivity contribution is 0.462. The third kappa shape index (κ3) is 3.23. The van der Waals surface area contributed by atoms with Crippen molar-refractivity contribution < 1.29 is 4.74 Å². The van der Waals surface area contributed by atoms with Crippen LogP contribution in [0.15, 0.2) is 42.5 Å². The maximum Gasteiger partial charge on any atom is 0.220 e. The highest BCUT2D eigenvalue weighted by molar-refractivity contribution is 6.29. The number of hydrogen-bond donors (Lipinski definition) is 0. The fourth-order valence-electron chi connectivity index (χ4n) is 1.67. The van der Waals surface area contributed by atoms with Crippen LogP contribution >= 0.6 is 11.6 Å². The SMILES string of the molecule is CCC(C)c1ccc(Oc2cccc(Cl)n2)cc1. The van der Waals surface area contributed by atoms with E-state index in [2.05, 4.69) is 31.0 Å². The first-order chi connectivity index (χ1) is 8.69. The van der Waals surface area contributed by atoms with Gasteiger partial charge in [-0.05, 0) is 36.1 Å². The molecule has 0 aliphatic heterocycles. The van der Waals surface area contributed by atoms with Gasteiger partial charge in [0.15, 0.2) is 0 Å². The van der Waals surface area contributed by atoms with E-state index in [9.17, 15) is 0 Å². The highest BCUT2D eigenvalue weighted by Gasteiger charge is 2.04. The first-order valence-corrected chi connectivity index (χ1v) is 6.47. The lowest BCUT2D eigenvalue weighted by atomic mass is 9.99. The molecule has 0 bridgehead atoms. The highest BCUT2D eigenvalue weighted by atomic mass is 35.5. The van der Waals surface area contributed by atoms with Gasteiger partial charge in [0.2, 0.25) is 5.88 Å². The van der Waals surface area contributed by atoms with Gasteiger partial charge in [0.25, 0.3) is 0 Å². The molecule has 0 radical (unpaired) electrons. The number of hydrogen-bond acceptors (Lipinski definition) is 2. The summed E-state index contributed by atoms with van der Waals surface area (Å²) >= 11 is 5.81. The van der Waals surface area contributed by atoms with Crippen molar-refractivity contribution in [2.75, 3.05) is 0 Å². The summed E-state index contributed by atoms with van der Waals surface area (Å²) in [6.45, 7) is 4.40. The number of halogens is 1. The molecule has 0 amide bonds. The van der Waals surface area contributed by atoms with Crippen LogP contribution in [0, 0.1) is 0 Å². The molecule has 0 saturated heterocycles. The Morgan fingerprint density at radius 2 is 1.89 bits per heavy atom. The molecule has 0 fully saturated rings. The Bertz CT molecular complexity index is 510. The van der Waals surface area contributed by atoms with Gasteiger partial charge in [0, 0.05) is 6.07 Å². The van der Waals surface area contributed by atoms with Gasteiger partial charge in [-0.15, -0.1) is 0 Å². The normalized spacial score (nSPS) is 12.2. The largest absolute Gasteiger partial charge is 0.439 e. The van der Waals surface area contributed by atoms with E-state index in [0.29, 0.717) is 17.0 Å². The molecule has 0 aliphatic carbocycles. The van der Waals surface area contributed by atoms with Crippen LogP contribution in [0.25, 0.3) is 0 Å². The fourth-order valence-corrected chi connectivity index (χ4v) is 1.82. The Morgan fingerprint density at radius 1 is 1.17 bits per heavy atom. The van der Waals surface area contributed by atoms with Crippen molar-refractivity contribution >= 4 is 11.6 Å². The number of benzene rings is 1. The van der Waals surface area contributed by atoms with Crippen LogP contribution in [-0.2, 0) is 0 Å². The number of rotatable bonds is 4. The molecule has 2 aromatic rings. The minimum Gasteiger partial charge on any atom is -0.439 e. The van der Waals surface area contributed by atoms with Gasteiger partial charge in [0.05, 0.1) is 0 Å². The molecule has 0 aliphatic rings. The summed E-state index contributed by atoms with van der Waals surface area (Å²) in [4.78, 5) is 4.09.